The molecule has 23 heavy (non-hydrogen) atoms. The minimum absolute atomic E-state index is 0.0102. The average Bonchev–Trinajstić information content (AvgIpc) is 2.50. The smallest absolute Gasteiger partial charge is 0.306 e. The van der Waals surface area contributed by atoms with Crippen molar-refractivity contribution >= 4 is 17.8 Å². The summed E-state index contributed by atoms with van der Waals surface area (Å²) in [5, 5.41) is 0. The number of benzene rings is 1. The number of hydrazine groups is 1. The van der Waals surface area contributed by atoms with Gasteiger partial charge in [-0.25, -0.2) is 0 Å². The fourth-order valence-electron chi connectivity index (χ4n) is 1.83. The van der Waals surface area contributed by atoms with Gasteiger partial charge in [-0.2, -0.15) is 0 Å². The monoisotopic (exact) mass is 320 g/mol. The Morgan fingerprint density at radius 2 is 1.61 bits per heavy atom. The first-order valence-corrected chi connectivity index (χ1v) is 7.59. The molecule has 1 aromatic carbocycles. The van der Waals surface area contributed by atoms with Crippen molar-refractivity contribution in [2.75, 3.05) is 6.61 Å². The van der Waals surface area contributed by atoms with Crippen molar-refractivity contribution in [3.63, 3.8) is 0 Å². The van der Waals surface area contributed by atoms with Gasteiger partial charge in [-0.1, -0.05) is 32.9 Å². The van der Waals surface area contributed by atoms with Crippen LogP contribution in [0.4, 0.5) is 0 Å². The highest BCUT2D eigenvalue weighted by atomic mass is 16.5. The number of hydrogen-bond donors (Lipinski definition) is 2. The molecule has 2 amide bonds. The van der Waals surface area contributed by atoms with Crippen molar-refractivity contribution in [2.24, 2.45) is 0 Å². The number of hydrogen-bond acceptors (Lipinski definition) is 4. The van der Waals surface area contributed by atoms with Crippen LogP contribution in [0, 0.1) is 0 Å². The van der Waals surface area contributed by atoms with E-state index in [-0.39, 0.29) is 24.9 Å². The first kappa shape index (κ1) is 18.7. The lowest BCUT2D eigenvalue weighted by molar-refractivity contribution is -0.144. The van der Waals surface area contributed by atoms with E-state index >= 15 is 0 Å². The lowest BCUT2D eigenvalue weighted by Gasteiger charge is -2.19. The van der Waals surface area contributed by atoms with Gasteiger partial charge in [0.05, 0.1) is 13.0 Å². The summed E-state index contributed by atoms with van der Waals surface area (Å²) in [4.78, 5) is 34.6. The van der Waals surface area contributed by atoms with Gasteiger partial charge in [-0.05, 0) is 30.0 Å². The molecule has 0 aliphatic heterocycles. The fourth-order valence-corrected chi connectivity index (χ4v) is 1.83. The van der Waals surface area contributed by atoms with Gasteiger partial charge in [0.1, 0.15) is 0 Å². The molecule has 0 fully saturated rings. The molecule has 0 saturated carbocycles. The zero-order chi connectivity index (χ0) is 17.5. The van der Waals surface area contributed by atoms with E-state index in [0.717, 1.165) is 5.56 Å². The number of rotatable bonds is 5. The third-order valence-electron chi connectivity index (χ3n) is 3.19. The summed E-state index contributed by atoms with van der Waals surface area (Å²) in [5.41, 5.74) is 6.18. The van der Waals surface area contributed by atoms with Gasteiger partial charge < -0.3 is 4.74 Å². The number of esters is 1. The van der Waals surface area contributed by atoms with Crippen molar-refractivity contribution < 1.29 is 19.1 Å². The number of amides is 2. The van der Waals surface area contributed by atoms with E-state index in [4.69, 9.17) is 4.74 Å². The Hall–Kier alpha value is -2.37. The molecule has 0 saturated heterocycles. The Morgan fingerprint density at radius 3 is 2.13 bits per heavy atom. The predicted molar refractivity (Wildman–Crippen MR) is 86.6 cm³/mol. The molecule has 6 nitrogen and oxygen atoms in total. The molecular weight excluding hydrogens is 296 g/mol. The van der Waals surface area contributed by atoms with Crippen molar-refractivity contribution in [3.05, 3.63) is 35.4 Å². The first-order chi connectivity index (χ1) is 10.7. The molecule has 2 N–H and O–H groups in total. The van der Waals surface area contributed by atoms with Crippen LogP contribution in [0.3, 0.4) is 0 Å². The SMILES string of the molecule is CCOC(=O)CCC(=O)NNC(=O)c1ccc(C(C)(C)C)cc1. The molecule has 1 rings (SSSR count). The van der Waals surface area contributed by atoms with Crippen LogP contribution in [0.25, 0.3) is 0 Å². The fraction of sp³-hybridized carbons (Fsp3) is 0.471. The van der Waals surface area contributed by atoms with Crippen molar-refractivity contribution in [2.45, 2.75) is 46.0 Å². The third-order valence-corrected chi connectivity index (χ3v) is 3.19. The number of carbonyl (C=O) groups excluding carboxylic acids is 3. The summed E-state index contributed by atoms with van der Waals surface area (Å²) in [5.74, 6) is -1.29. The highest BCUT2D eigenvalue weighted by molar-refractivity contribution is 5.95. The minimum atomic E-state index is -0.447. The molecule has 0 aliphatic rings. The lowest BCUT2D eigenvalue weighted by atomic mass is 9.87. The predicted octanol–water partition coefficient (Wildman–Crippen LogP) is 2.09. The average molecular weight is 320 g/mol. The van der Waals surface area contributed by atoms with Crippen molar-refractivity contribution in [3.8, 4) is 0 Å². The van der Waals surface area contributed by atoms with Crippen LogP contribution in [-0.2, 0) is 19.7 Å². The summed E-state index contributed by atoms with van der Waals surface area (Å²) in [6.45, 7) is 8.24. The largest absolute Gasteiger partial charge is 0.466 e. The Morgan fingerprint density at radius 1 is 1.00 bits per heavy atom. The first-order valence-electron chi connectivity index (χ1n) is 7.59. The highest BCUT2D eigenvalue weighted by Gasteiger charge is 2.14. The summed E-state index contributed by atoms with van der Waals surface area (Å²) >= 11 is 0. The molecule has 0 bridgehead atoms. The van der Waals surface area contributed by atoms with E-state index in [2.05, 4.69) is 31.6 Å². The molecule has 0 spiro atoms. The standard InChI is InChI=1S/C17H24N2O4/c1-5-23-15(21)11-10-14(20)18-19-16(22)12-6-8-13(9-7-12)17(2,3)4/h6-9H,5,10-11H2,1-4H3,(H,18,20)(H,19,22). The van der Waals surface area contributed by atoms with Crippen LogP contribution in [0.1, 0.15) is 56.5 Å². The van der Waals surface area contributed by atoms with Gasteiger partial charge in [0.15, 0.2) is 0 Å². The maximum Gasteiger partial charge on any atom is 0.306 e. The lowest BCUT2D eigenvalue weighted by Crippen LogP contribution is -2.41. The van der Waals surface area contributed by atoms with E-state index in [1.54, 1.807) is 19.1 Å². The summed E-state index contributed by atoms with van der Waals surface area (Å²) < 4.78 is 4.72. The van der Waals surface area contributed by atoms with Crippen LogP contribution < -0.4 is 10.9 Å². The van der Waals surface area contributed by atoms with E-state index < -0.39 is 17.8 Å². The maximum absolute atomic E-state index is 11.9. The minimum Gasteiger partial charge on any atom is -0.466 e. The second kappa shape index (κ2) is 8.31. The number of carbonyl (C=O) groups is 3. The molecule has 0 aliphatic carbocycles. The van der Waals surface area contributed by atoms with Gasteiger partial charge in [0, 0.05) is 12.0 Å². The second-order valence-corrected chi connectivity index (χ2v) is 6.13. The van der Waals surface area contributed by atoms with Gasteiger partial charge in [-0.3, -0.25) is 25.2 Å². The van der Waals surface area contributed by atoms with Gasteiger partial charge in [0.2, 0.25) is 5.91 Å². The zero-order valence-electron chi connectivity index (χ0n) is 14.1. The summed E-state index contributed by atoms with van der Waals surface area (Å²) in [6, 6.07) is 7.19. The maximum atomic E-state index is 11.9. The Labute approximate surface area is 136 Å². The van der Waals surface area contributed by atoms with Gasteiger partial charge >= 0.3 is 5.97 Å². The molecular formula is C17H24N2O4. The molecule has 126 valence electrons. The van der Waals surface area contributed by atoms with Crippen LogP contribution in [0.15, 0.2) is 24.3 Å². The second-order valence-electron chi connectivity index (χ2n) is 6.13. The van der Waals surface area contributed by atoms with Crippen molar-refractivity contribution in [1.82, 2.24) is 10.9 Å². The number of ether oxygens (including phenoxy) is 1. The van der Waals surface area contributed by atoms with Gasteiger partial charge in [-0.15, -0.1) is 0 Å². The van der Waals surface area contributed by atoms with E-state index in [1.807, 2.05) is 12.1 Å². The number of nitrogens with one attached hydrogen (secondary N) is 2. The normalized spacial score (nSPS) is 10.8. The van der Waals surface area contributed by atoms with Crippen LogP contribution in [-0.4, -0.2) is 24.4 Å². The topological polar surface area (TPSA) is 84.5 Å². The van der Waals surface area contributed by atoms with Crippen molar-refractivity contribution in [1.29, 1.82) is 0 Å². The van der Waals surface area contributed by atoms with Gasteiger partial charge in [0.25, 0.3) is 5.91 Å². The molecule has 0 unspecified atom stereocenters. The molecule has 0 aromatic heterocycles. The van der Waals surface area contributed by atoms with E-state index in [1.165, 1.54) is 0 Å². The molecule has 0 heterocycles. The van der Waals surface area contributed by atoms with E-state index in [9.17, 15) is 14.4 Å². The summed E-state index contributed by atoms with van der Waals surface area (Å²) in [6.07, 6.45) is -0.0576. The Bertz CT molecular complexity index is 559. The van der Waals surface area contributed by atoms with Crippen LogP contribution >= 0.6 is 0 Å². The summed E-state index contributed by atoms with van der Waals surface area (Å²) in [7, 11) is 0. The molecule has 0 radical (unpaired) electrons. The third kappa shape index (κ3) is 6.50. The zero-order valence-corrected chi connectivity index (χ0v) is 14.1. The molecule has 1 aromatic rings. The highest BCUT2D eigenvalue weighted by Crippen LogP contribution is 2.22. The quantitative estimate of drug-likeness (QED) is 0.642. The van der Waals surface area contributed by atoms with E-state index in [0.29, 0.717) is 5.56 Å². The molecule has 6 heteroatoms. The van der Waals surface area contributed by atoms with Crippen LogP contribution in [0.5, 0.6) is 0 Å². The Balaban J connectivity index is 2.44. The molecule has 0 atom stereocenters. The Kier molecular flexibility index (Phi) is 6.75. The van der Waals surface area contributed by atoms with Crippen LogP contribution in [0.2, 0.25) is 0 Å².